The summed E-state index contributed by atoms with van der Waals surface area (Å²) in [6.07, 6.45) is 2.53. The van der Waals surface area contributed by atoms with Crippen molar-refractivity contribution < 1.29 is 13.2 Å². The predicted octanol–water partition coefficient (Wildman–Crippen LogP) is 2.90. The van der Waals surface area contributed by atoms with Gasteiger partial charge in [-0.25, -0.2) is 13.1 Å². The van der Waals surface area contributed by atoms with Gasteiger partial charge >= 0.3 is 0 Å². The summed E-state index contributed by atoms with van der Waals surface area (Å²) in [4.78, 5) is 12.5. The number of amides is 1. The van der Waals surface area contributed by atoms with Crippen LogP contribution < -0.4 is 4.72 Å². The Kier molecular flexibility index (Phi) is 5.14. The zero-order valence-corrected chi connectivity index (χ0v) is 16.2. The van der Waals surface area contributed by atoms with Gasteiger partial charge in [-0.05, 0) is 36.6 Å². The lowest BCUT2D eigenvalue weighted by Gasteiger charge is -2.06. The molecule has 0 unspecified atom stereocenters. The molecule has 3 aromatic rings. The molecule has 0 fully saturated rings. The van der Waals surface area contributed by atoms with Gasteiger partial charge in [0.2, 0.25) is 10.0 Å². The molecule has 0 spiro atoms. The first-order chi connectivity index (χ1) is 12.7. The molecule has 0 radical (unpaired) electrons. The molecule has 1 aromatic heterocycles. The van der Waals surface area contributed by atoms with Crippen LogP contribution in [0.15, 0.2) is 54.7 Å². The number of hydrogen-bond acceptors (Lipinski definition) is 4. The van der Waals surface area contributed by atoms with E-state index in [2.05, 4.69) is 5.10 Å². The number of hydrogen-bond donors (Lipinski definition) is 1. The first-order valence-electron chi connectivity index (χ1n) is 8.44. The van der Waals surface area contributed by atoms with Crippen LogP contribution in [-0.2, 0) is 16.6 Å². The number of benzene rings is 2. The van der Waals surface area contributed by atoms with Crippen molar-refractivity contribution in [3.8, 4) is 11.3 Å². The van der Waals surface area contributed by atoms with Crippen molar-refractivity contribution in [1.29, 1.82) is 0 Å². The van der Waals surface area contributed by atoms with Crippen LogP contribution in [0.4, 0.5) is 0 Å². The average molecular weight is 383 g/mol. The molecule has 0 aliphatic heterocycles. The van der Waals surface area contributed by atoms with E-state index in [0.29, 0.717) is 12.2 Å². The van der Waals surface area contributed by atoms with Crippen molar-refractivity contribution in [3.05, 3.63) is 77.0 Å². The van der Waals surface area contributed by atoms with E-state index in [4.69, 9.17) is 0 Å². The van der Waals surface area contributed by atoms with E-state index < -0.39 is 15.9 Å². The normalized spacial score (nSPS) is 11.4. The van der Waals surface area contributed by atoms with Crippen LogP contribution in [-0.4, -0.2) is 30.4 Å². The van der Waals surface area contributed by atoms with Gasteiger partial charge in [0, 0.05) is 11.8 Å². The fourth-order valence-corrected chi connectivity index (χ4v) is 3.21. The summed E-state index contributed by atoms with van der Waals surface area (Å²) in [6.45, 7) is 4.46. The fourth-order valence-electron chi connectivity index (χ4n) is 2.76. The predicted molar refractivity (Wildman–Crippen MR) is 105 cm³/mol. The number of aryl methyl sites for hydroxylation is 2. The highest BCUT2D eigenvalue weighted by atomic mass is 32.2. The van der Waals surface area contributed by atoms with Crippen molar-refractivity contribution in [3.63, 3.8) is 0 Å². The van der Waals surface area contributed by atoms with Crippen molar-refractivity contribution in [2.45, 2.75) is 20.4 Å². The Morgan fingerprint density at radius 3 is 2.41 bits per heavy atom. The van der Waals surface area contributed by atoms with E-state index in [0.717, 1.165) is 28.5 Å². The summed E-state index contributed by atoms with van der Waals surface area (Å²) < 4.78 is 26.7. The largest absolute Gasteiger partial charge is 0.268 e. The van der Waals surface area contributed by atoms with Crippen LogP contribution >= 0.6 is 0 Å². The monoisotopic (exact) mass is 383 g/mol. The van der Waals surface area contributed by atoms with Crippen molar-refractivity contribution in [2.75, 3.05) is 6.26 Å². The molecule has 1 heterocycles. The highest BCUT2D eigenvalue weighted by Crippen LogP contribution is 2.25. The minimum atomic E-state index is -3.67. The summed E-state index contributed by atoms with van der Waals surface area (Å²) in [5, 5.41) is 4.56. The smallest absolute Gasteiger partial charge is 0.268 e. The van der Waals surface area contributed by atoms with Crippen LogP contribution in [0.1, 0.15) is 27.0 Å². The molecule has 27 heavy (non-hydrogen) atoms. The Labute approximate surface area is 158 Å². The molecule has 1 N–H and O–H groups in total. The van der Waals surface area contributed by atoms with Crippen molar-refractivity contribution >= 4 is 15.9 Å². The van der Waals surface area contributed by atoms with E-state index in [9.17, 15) is 13.2 Å². The maximum atomic E-state index is 12.5. The molecule has 2 aromatic carbocycles. The Hall–Kier alpha value is -2.93. The highest BCUT2D eigenvalue weighted by molar-refractivity contribution is 7.89. The van der Waals surface area contributed by atoms with Crippen LogP contribution in [0.3, 0.4) is 0 Å². The SMILES string of the molecule is Cc1ccc(-c2nn(Cc3ccccc3)cc2C(=O)NS(C)(=O)=O)cc1C. The maximum Gasteiger partial charge on any atom is 0.268 e. The van der Waals surface area contributed by atoms with E-state index in [1.54, 1.807) is 10.9 Å². The molecule has 0 saturated carbocycles. The highest BCUT2D eigenvalue weighted by Gasteiger charge is 2.21. The van der Waals surface area contributed by atoms with E-state index in [1.165, 1.54) is 0 Å². The lowest BCUT2D eigenvalue weighted by Crippen LogP contribution is -2.29. The molecular formula is C20H21N3O3S. The van der Waals surface area contributed by atoms with Gasteiger partial charge in [0.05, 0.1) is 18.4 Å². The quantitative estimate of drug-likeness (QED) is 0.735. The number of carbonyl (C=O) groups excluding carboxylic acids is 1. The van der Waals surface area contributed by atoms with Gasteiger partial charge in [-0.3, -0.25) is 9.48 Å². The summed E-state index contributed by atoms with van der Waals surface area (Å²) >= 11 is 0. The van der Waals surface area contributed by atoms with E-state index in [-0.39, 0.29) is 5.56 Å². The van der Waals surface area contributed by atoms with Gasteiger partial charge in [-0.1, -0.05) is 42.5 Å². The molecular weight excluding hydrogens is 362 g/mol. The van der Waals surface area contributed by atoms with Crippen molar-refractivity contribution in [1.82, 2.24) is 14.5 Å². The molecule has 0 aliphatic carbocycles. The summed E-state index contributed by atoms with van der Waals surface area (Å²) in [6, 6.07) is 15.5. The molecule has 140 valence electrons. The first kappa shape index (κ1) is 18.8. The van der Waals surface area contributed by atoms with Gasteiger partial charge in [-0.15, -0.1) is 0 Å². The lowest BCUT2D eigenvalue weighted by molar-refractivity contribution is 0.0982. The summed E-state index contributed by atoms with van der Waals surface area (Å²) in [5.41, 5.74) is 4.67. The molecule has 0 atom stereocenters. The second-order valence-electron chi connectivity index (χ2n) is 6.58. The first-order valence-corrected chi connectivity index (χ1v) is 10.3. The number of aromatic nitrogens is 2. The zero-order chi connectivity index (χ0) is 19.6. The maximum absolute atomic E-state index is 12.5. The zero-order valence-electron chi connectivity index (χ0n) is 15.4. The van der Waals surface area contributed by atoms with Crippen LogP contribution in [0.2, 0.25) is 0 Å². The molecule has 0 aliphatic rings. The molecule has 3 rings (SSSR count). The molecule has 7 heteroatoms. The number of rotatable bonds is 5. The Morgan fingerprint density at radius 1 is 1.07 bits per heavy atom. The number of nitrogens with one attached hydrogen (secondary N) is 1. The van der Waals surface area contributed by atoms with E-state index >= 15 is 0 Å². The minimum absolute atomic E-state index is 0.222. The van der Waals surface area contributed by atoms with E-state index in [1.807, 2.05) is 67.1 Å². The minimum Gasteiger partial charge on any atom is -0.268 e. The second-order valence-corrected chi connectivity index (χ2v) is 8.33. The van der Waals surface area contributed by atoms with Crippen LogP contribution in [0.25, 0.3) is 11.3 Å². The van der Waals surface area contributed by atoms with Gasteiger partial charge < -0.3 is 0 Å². The standard InChI is InChI=1S/C20H21N3O3S/c1-14-9-10-17(11-15(14)2)19-18(20(24)22-27(3,25)26)13-23(21-19)12-16-7-5-4-6-8-16/h4-11,13H,12H2,1-3H3,(H,22,24). The third kappa shape index (κ3) is 4.62. The Balaban J connectivity index is 2.05. The number of nitrogens with zero attached hydrogens (tertiary/aromatic N) is 2. The third-order valence-corrected chi connectivity index (χ3v) is 4.81. The Bertz CT molecular complexity index is 1090. The second kappa shape index (κ2) is 7.36. The number of sulfonamides is 1. The summed E-state index contributed by atoms with van der Waals surface area (Å²) in [5.74, 6) is -0.690. The van der Waals surface area contributed by atoms with Crippen LogP contribution in [0, 0.1) is 13.8 Å². The average Bonchev–Trinajstić information content (AvgIpc) is 3.01. The molecule has 0 bridgehead atoms. The molecule has 0 saturated heterocycles. The van der Waals surface area contributed by atoms with Gasteiger partial charge in [0.25, 0.3) is 5.91 Å². The molecule has 6 nitrogen and oxygen atoms in total. The fraction of sp³-hybridized carbons (Fsp3) is 0.200. The molecule has 1 amide bonds. The summed E-state index contributed by atoms with van der Waals surface area (Å²) in [7, 11) is -3.67. The van der Waals surface area contributed by atoms with Crippen LogP contribution in [0.5, 0.6) is 0 Å². The number of carbonyl (C=O) groups is 1. The van der Waals surface area contributed by atoms with Gasteiger partial charge in [0.15, 0.2) is 0 Å². The third-order valence-electron chi connectivity index (χ3n) is 4.25. The van der Waals surface area contributed by atoms with Gasteiger partial charge in [0.1, 0.15) is 5.69 Å². The Morgan fingerprint density at radius 2 is 1.78 bits per heavy atom. The van der Waals surface area contributed by atoms with Gasteiger partial charge in [-0.2, -0.15) is 5.10 Å². The topological polar surface area (TPSA) is 81.1 Å². The lowest BCUT2D eigenvalue weighted by atomic mass is 10.0. The van der Waals surface area contributed by atoms with Crippen molar-refractivity contribution in [2.24, 2.45) is 0 Å².